The highest BCUT2D eigenvalue weighted by Crippen LogP contribution is 2.07. The van der Waals surface area contributed by atoms with Crippen LogP contribution >= 0.6 is 0 Å². The van der Waals surface area contributed by atoms with Crippen LogP contribution in [0.15, 0.2) is 29.7 Å². The van der Waals surface area contributed by atoms with E-state index in [-0.39, 0.29) is 0 Å². The van der Waals surface area contributed by atoms with Crippen LogP contribution in [0.5, 0.6) is 0 Å². The van der Waals surface area contributed by atoms with Gasteiger partial charge in [-0.2, -0.15) is 0 Å². The molecular formula is C8H11N. The van der Waals surface area contributed by atoms with Gasteiger partial charge in [0.25, 0.3) is 0 Å². The Morgan fingerprint density at radius 2 is 2.33 bits per heavy atom. The average Bonchev–Trinajstić information content (AvgIpc) is 1.90. The summed E-state index contributed by atoms with van der Waals surface area (Å²) < 4.78 is 0. The zero-order valence-electron chi connectivity index (χ0n) is 5.89. The van der Waals surface area contributed by atoms with Crippen molar-refractivity contribution in [3.63, 3.8) is 0 Å². The lowest BCUT2D eigenvalue weighted by atomic mass is 10.2. The third-order valence-corrected chi connectivity index (χ3v) is 1.38. The number of hydrogen-bond donors (Lipinski definition) is 0. The summed E-state index contributed by atoms with van der Waals surface area (Å²) in [5.41, 5.74) is 4.36. The number of hydrogen-bond acceptors (Lipinski definition) is 1. The second-order valence-corrected chi connectivity index (χ2v) is 2.29. The third-order valence-electron chi connectivity index (χ3n) is 1.38. The summed E-state index contributed by atoms with van der Waals surface area (Å²) in [4.78, 5) is 2.12. The maximum absolute atomic E-state index is 3.02. The van der Waals surface area contributed by atoms with Crippen LogP contribution < -0.4 is 0 Å². The van der Waals surface area contributed by atoms with Gasteiger partial charge in [0.2, 0.25) is 0 Å². The molecule has 0 radical (unpaired) electrons. The Hall–Kier alpha value is -0.940. The Morgan fingerprint density at radius 1 is 1.56 bits per heavy atom. The smallest absolute Gasteiger partial charge is 0.0178 e. The van der Waals surface area contributed by atoms with Gasteiger partial charge in [-0.3, -0.25) is 0 Å². The Bertz CT molecular complexity index is 181. The Balaban J connectivity index is 2.66. The maximum Gasteiger partial charge on any atom is 0.0178 e. The van der Waals surface area contributed by atoms with E-state index in [9.17, 15) is 0 Å². The predicted molar refractivity (Wildman–Crippen MR) is 39.0 cm³/mol. The molecule has 1 heteroatoms. The number of rotatable bonds is 1. The fraction of sp³-hybridized carbons (Fsp3) is 0.375. The minimum absolute atomic E-state index is 1.02. The van der Waals surface area contributed by atoms with Gasteiger partial charge in [-0.1, -0.05) is 0 Å². The molecule has 1 aliphatic carbocycles. The molecule has 0 heterocycles. The molecule has 1 nitrogen and oxygen atoms in total. The van der Waals surface area contributed by atoms with Gasteiger partial charge in [0.15, 0.2) is 0 Å². The van der Waals surface area contributed by atoms with Gasteiger partial charge >= 0.3 is 0 Å². The first kappa shape index (κ1) is 6.18. The van der Waals surface area contributed by atoms with Crippen molar-refractivity contribution < 1.29 is 0 Å². The van der Waals surface area contributed by atoms with Crippen molar-refractivity contribution in [2.24, 2.45) is 0 Å². The highest BCUT2D eigenvalue weighted by atomic mass is 15.1. The molecule has 0 saturated heterocycles. The van der Waals surface area contributed by atoms with Gasteiger partial charge in [0.1, 0.15) is 0 Å². The molecule has 0 fully saturated rings. The first-order chi connectivity index (χ1) is 4.30. The Kier molecular flexibility index (Phi) is 1.76. The average molecular weight is 121 g/mol. The van der Waals surface area contributed by atoms with Gasteiger partial charge in [-0.25, -0.2) is 0 Å². The van der Waals surface area contributed by atoms with E-state index in [1.54, 1.807) is 0 Å². The summed E-state index contributed by atoms with van der Waals surface area (Å²) in [6.07, 6.45) is 7.08. The zero-order chi connectivity index (χ0) is 6.69. The normalized spacial score (nSPS) is 15.6. The highest BCUT2D eigenvalue weighted by molar-refractivity contribution is 5.18. The fourth-order valence-corrected chi connectivity index (χ4v) is 0.776. The van der Waals surface area contributed by atoms with Crippen molar-refractivity contribution in [3.05, 3.63) is 29.7 Å². The molecule has 0 unspecified atom stereocenters. The zero-order valence-corrected chi connectivity index (χ0v) is 5.89. The quantitative estimate of drug-likeness (QED) is 0.476. The second kappa shape index (κ2) is 2.56. The molecular weight excluding hydrogens is 110 g/mol. The van der Waals surface area contributed by atoms with Gasteiger partial charge in [0, 0.05) is 26.2 Å². The van der Waals surface area contributed by atoms with Gasteiger partial charge in [0.05, 0.1) is 0 Å². The lowest BCUT2D eigenvalue weighted by molar-refractivity contribution is 0.500. The summed E-state index contributed by atoms with van der Waals surface area (Å²) in [6, 6.07) is 0. The van der Waals surface area contributed by atoms with E-state index in [1.807, 2.05) is 12.2 Å². The first-order valence-electron chi connectivity index (χ1n) is 3.08. The van der Waals surface area contributed by atoms with E-state index in [0.29, 0.717) is 0 Å². The molecule has 0 aromatic rings. The predicted octanol–water partition coefficient (Wildman–Crippen LogP) is 1.55. The molecule has 1 aliphatic rings. The van der Waals surface area contributed by atoms with Crippen molar-refractivity contribution in [2.75, 3.05) is 14.1 Å². The molecule has 0 amide bonds. The van der Waals surface area contributed by atoms with Crippen LogP contribution in [0.4, 0.5) is 0 Å². The van der Waals surface area contributed by atoms with Crippen LogP contribution in [0.3, 0.4) is 0 Å². The van der Waals surface area contributed by atoms with Gasteiger partial charge in [-0.15, -0.1) is 5.73 Å². The van der Waals surface area contributed by atoms with Crippen LogP contribution in [-0.2, 0) is 0 Å². The van der Waals surface area contributed by atoms with E-state index in [1.165, 1.54) is 5.70 Å². The van der Waals surface area contributed by atoms with Crippen molar-refractivity contribution >= 4 is 0 Å². The molecule has 0 aromatic heterocycles. The van der Waals surface area contributed by atoms with Crippen molar-refractivity contribution in [2.45, 2.75) is 6.42 Å². The van der Waals surface area contributed by atoms with Crippen molar-refractivity contribution in [1.29, 1.82) is 0 Å². The fourth-order valence-electron chi connectivity index (χ4n) is 0.776. The van der Waals surface area contributed by atoms with Gasteiger partial charge in [-0.05, 0) is 18.2 Å². The van der Waals surface area contributed by atoms with Crippen LogP contribution in [-0.4, -0.2) is 19.0 Å². The summed E-state index contributed by atoms with van der Waals surface area (Å²) in [6.45, 7) is 0. The molecule has 0 spiro atoms. The summed E-state index contributed by atoms with van der Waals surface area (Å²) in [7, 11) is 4.11. The molecule has 9 heavy (non-hydrogen) atoms. The Morgan fingerprint density at radius 3 is 2.67 bits per heavy atom. The molecule has 0 aliphatic heterocycles. The van der Waals surface area contributed by atoms with E-state index in [0.717, 1.165) is 6.42 Å². The lowest BCUT2D eigenvalue weighted by Crippen LogP contribution is -2.10. The minimum Gasteiger partial charge on any atom is -0.381 e. The molecule has 1 rings (SSSR count). The topological polar surface area (TPSA) is 3.24 Å². The van der Waals surface area contributed by atoms with Crippen LogP contribution in [0.2, 0.25) is 0 Å². The monoisotopic (exact) mass is 121 g/mol. The van der Waals surface area contributed by atoms with Crippen molar-refractivity contribution in [3.8, 4) is 0 Å². The molecule has 0 bridgehead atoms. The van der Waals surface area contributed by atoms with Crippen LogP contribution in [0, 0.1) is 0 Å². The molecule has 0 atom stereocenters. The van der Waals surface area contributed by atoms with E-state index in [4.69, 9.17) is 0 Å². The summed E-state index contributed by atoms with van der Waals surface area (Å²) in [5, 5.41) is 0. The van der Waals surface area contributed by atoms with Crippen LogP contribution in [0.25, 0.3) is 0 Å². The SMILES string of the molecule is CN(C)C1=CC=C=CC1. The second-order valence-electron chi connectivity index (χ2n) is 2.29. The third kappa shape index (κ3) is 1.48. The Labute approximate surface area is 56.0 Å². The summed E-state index contributed by atoms with van der Waals surface area (Å²) in [5.74, 6) is 0. The van der Waals surface area contributed by atoms with E-state index < -0.39 is 0 Å². The van der Waals surface area contributed by atoms with Crippen LogP contribution in [0.1, 0.15) is 6.42 Å². The molecule has 0 N–H and O–H groups in total. The highest BCUT2D eigenvalue weighted by Gasteiger charge is 1.95. The van der Waals surface area contributed by atoms with Gasteiger partial charge < -0.3 is 4.90 Å². The number of allylic oxidation sites excluding steroid dienone is 2. The lowest BCUT2D eigenvalue weighted by Gasteiger charge is -2.15. The number of nitrogens with zero attached hydrogens (tertiary/aromatic N) is 1. The molecule has 48 valence electrons. The molecule has 0 aromatic carbocycles. The largest absolute Gasteiger partial charge is 0.381 e. The van der Waals surface area contributed by atoms with E-state index >= 15 is 0 Å². The standard InChI is InChI=1S/C8H11N/c1-9(2)8-6-4-3-5-7-8/h4-6H,7H2,1-2H3. The molecule has 0 saturated carbocycles. The van der Waals surface area contributed by atoms with Crippen molar-refractivity contribution in [1.82, 2.24) is 4.90 Å². The van der Waals surface area contributed by atoms with E-state index in [2.05, 4.69) is 30.8 Å². The summed E-state index contributed by atoms with van der Waals surface area (Å²) >= 11 is 0. The first-order valence-corrected chi connectivity index (χ1v) is 3.08. The minimum atomic E-state index is 1.02. The maximum atomic E-state index is 3.02.